The second kappa shape index (κ2) is 12.0. The van der Waals surface area contributed by atoms with Crippen LogP contribution in [0.5, 0.6) is 0 Å². The van der Waals surface area contributed by atoms with Crippen LogP contribution in [0.3, 0.4) is 0 Å². The van der Waals surface area contributed by atoms with Gasteiger partial charge in [-0.1, -0.05) is 53.9 Å². The topological polar surface area (TPSA) is 85.1 Å². The van der Waals surface area contributed by atoms with Crippen LogP contribution < -0.4 is 0 Å². The molecule has 0 aliphatic heterocycles. The number of hydrogen-bond acceptors (Lipinski definition) is 4. The number of fused-ring (bicyclic) bond motifs is 1. The van der Waals surface area contributed by atoms with Crippen LogP contribution in [0.1, 0.15) is 23.0 Å². The van der Waals surface area contributed by atoms with Crippen molar-refractivity contribution in [2.45, 2.75) is 13.3 Å². The van der Waals surface area contributed by atoms with Crippen LogP contribution >= 0.6 is 0 Å². The maximum Gasteiger partial charge on any atom is 0.354 e. The van der Waals surface area contributed by atoms with E-state index in [4.69, 9.17) is 5.11 Å². The molecule has 0 aliphatic rings. The molecule has 5 rings (SSSR count). The molecule has 5 aromatic rings. The zero-order valence-corrected chi connectivity index (χ0v) is 21.3. The van der Waals surface area contributed by atoms with Crippen molar-refractivity contribution in [1.82, 2.24) is 14.5 Å². The van der Waals surface area contributed by atoms with E-state index in [9.17, 15) is 9.59 Å². The molecule has 177 valence electrons. The van der Waals surface area contributed by atoms with Crippen LogP contribution in [0.4, 0.5) is 0 Å². The predicted octanol–water partition coefficient (Wildman–Crippen LogP) is 5.40. The number of aromatic carboxylic acids is 1. The number of Topliss-reactive ketones (excluding diaryl/α,β-unsaturated/α-hetero) is 1. The number of imidazole rings is 1. The van der Waals surface area contributed by atoms with E-state index in [2.05, 4.69) is 34.2 Å². The van der Waals surface area contributed by atoms with Crippen molar-refractivity contribution < 1.29 is 34.8 Å². The number of carbonyl (C=O) groups excluding carboxylic acids is 1. The Morgan fingerprint density at radius 2 is 1.63 bits per heavy atom. The summed E-state index contributed by atoms with van der Waals surface area (Å²) in [6.45, 7) is 1.61. The summed E-state index contributed by atoms with van der Waals surface area (Å²) < 4.78 is 2.03. The first-order chi connectivity index (χ1) is 16.5. The van der Waals surface area contributed by atoms with Gasteiger partial charge in [0.1, 0.15) is 11.5 Å². The van der Waals surface area contributed by atoms with Gasteiger partial charge in [-0.05, 0) is 30.7 Å². The van der Waals surface area contributed by atoms with Gasteiger partial charge in [-0.15, -0.1) is 29.1 Å². The molecular weight excluding hydrogens is 619 g/mol. The van der Waals surface area contributed by atoms with Crippen LogP contribution in [0.2, 0.25) is 0 Å². The minimum atomic E-state index is -0.990. The van der Waals surface area contributed by atoms with Crippen molar-refractivity contribution in [3.63, 3.8) is 0 Å². The van der Waals surface area contributed by atoms with Crippen LogP contribution in [-0.4, -0.2) is 31.4 Å². The van der Waals surface area contributed by atoms with Gasteiger partial charge < -0.3 is 9.67 Å². The number of rotatable bonds is 5. The number of benzene rings is 3. The maximum absolute atomic E-state index is 11.6. The molecule has 2 aromatic heterocycles. The van der Waals surface area contributed by atoms with E-state index in [0.29, 0.717) is 6.42 Å². The minimum Gasteiger partial charge on any atom is -0.477 e. The number of aromatic nitrogens is 3. The SMILES string of the molecule is CC(=O)Cc1ccccc1-n1ccnc1-c1[c-]cc2ccccc2c1.O=C(O)c1ccccn1.[Ir]. The second-order valence-corrected chi connectivity index (χ2v) is 7.62. The number of carboxylic acid groups (broad SMARTS) is 1. The van der Waals surface area contributed by atoms with Crippen molar-refractivity contribution in [2.24, 2.45) is 0 Å². The van der Waals surface area contributed by atoms with Crippen molar-refractivity contribution in [3.05, 3.63) is 115 Å². The zero-order chi connectivity index (χ0) is 23.9. The van der Waals surface area contributed by atoms with Gasteiger partial charge in [0.05, 0.1) is 5.82 Å². The molecule has 0 fully saturated rings. The number of carboxylic acids is 1. The van der Waals surface area contributed by atoms with Crippen molar-refractivity contribution in [2.75, 3.05) is 0 Å². The minimum absolute atomic E-state index is 0. The normalized spacial score (nSPS) is 10.1. The standard InChI is InChI=1S/C22H17N2O.C6H5NO2.Ir/c1-16(25)14-19-8-4-5-9-21(19)24-13-12-23-22(24)20-11-10-17-6-2-3-7-18(17)15-20;8-6(9)5-3-1-2-4-7-5;/h2-10,12-13,15H,14H2,1H3;1-4H,(H,8,9);/q-1;;. The van der Waals surface area contributed by atoms with Gasteiger partial charge in [0.15, 0.2) is 0 Å². The van der Waals surface area contributed by atoms with Gasteiger partial charge in [-0.3, -0.25) is 9.78 Å². The Balaban J connectivity index is 0.000000291. The van der Waals surface area contributed by atoms with E-state index in [-0.39, 0.29) is 31.6 Å². The van der Waals surface area contributed by atoms with Crippen molar-refractivity contribution in [3.8, 4) is 17.1 Å². The fourth-order valence-corrected chi connectivity index (χ4v) is 3.61. The number of pyridine rings is 1. The first-order valence-corrected chi connectivity index (χ1v) is 10.7. The average Bonchev–Trinajstić information content (AvgIpc) is 3.34. The Morgan fingerprint density at radius 1 is 0.914 bits per heavy atom. The molecule has 35 heavy (non-hydrogen) atoms. The number of nitrogens with zero attached hydrogens (tertiary/aromatic N) is 3. The molecule has 0 spiro atoms. The number of carbonyl (C=O) groups is 2. The zero-order valence-electron chi connectivity index (χ0n) is 18.9. The summed E-state index contributed by atoms with van der Waals surface area (Å²) in [5.74, 6) is -0.0243. The third kappa shape index (κ3) is 6.35. The smallest absolute Gasteiger partial charge is 0.354 e. The Morgan fingerprint density at radius 3 is 2.31 bits per heavy atom. The number of para-hydroxylation sites is 1. The third-order valence-corrected chi connectivity index (χ3v) is 5.14. The summed E-state index contributed by atoms with van der Waals surface area (Å²) in [5, 5.41) is 10.6. The molecule has 0 saturated heterocycles. The first-order valence-electron chi connectivity index (χ1n) is 10.7. The van der Waals surface area contributed by atoms with Crippen LogP contribution in [0, 0.1) is 6.07 Å². The molecule has 1 N–H and O–H groups in total. The van der Waals surface area contributed by atoms with E-state index >= 15 is 0 Å². The maximum atomic E-state index is 11.6. The first kappa shape index (κ1) is 25.7. The summed E-state index contributed by atoms with van der Waals surface area (Å²) in [4.78, 5) is 29.9. The van der Waals surface area contributed by atoms with E-state index in [1.807, 2.05) is 53.2 Å². The Hall–Kier alpha value is -3.93. The van der Waals surface area contributed by atoms with Crippen LogP contribution in [-0.2, 0) is 31.3 Å². The Kier molecular flexibility index (Phi) is 8.79. The molecule has 6 nitrogen and oxygen atoms in total. The summed E-state index contributed by atoms with van der Waals surface area (Å²) in [6.07, 6.45) is 5.57. The molecule has 0 amide bonds. The van der Waals surface area contributed by atoms with E-state index in [1.165, 1.54) is 12.3 Å². The molecule has 1 radical (unpaired) electrons. The van der Waals surface area contributed by atoms with Gasteiger partial charge in [-0.25, -0.2) is 9.78 Å². The molecule has 3 aromatic carbocycles. The molecule has 0 aliphatic carbocycles. The monoisotopic (exact) mass is 641 g/mol. The third-order valence-electron chi connectivity index (χ3n) is 5.14. The molecule has 0 bridgehead atoms. The van der Waals surface area contributed by atoms with Gasteiger partial charge in [0.2, 0.25) is 0 Å². The number of ketones is 1. The second-order valence-electron chi connectivity index (χ2n) is 7.62. The quantitative estimate of drug-likeness (QED) is 0.260. The van der Waals surface area contributed by atoms with E-state index in [1.54, 1.807) is 25.3 Å². The van der Waals surface area contributed by atoms with Gasteiger partial charge in [0.25, 0.3) is 0 Å². The molecule has 2 heterocycles. The van der Waals surface area contributed by atoms with E-state index < -0.39 is 5.97 Å². The molecule has 0 atom stereocenters. The van der Waals surface area contributed by atoms with Gasteiger partial charge >= 0.3 is 5.97 Å². The predicted molar refractivity (Wildman–Crippen MR) is 131 cm³/mol. The van der Waals surface area contributed by atoms with Crippen molar-refractivity contribution >= 4 is 22.5 Å². The van der Waals surface area contributed by atoms with Crippen LogP contribution in [0.25, 0.3) is 27.8 Å². The summed E-state index contributed by atoms with van der Waals surface area (Å²) in [6, 6.07) is 28.3. The molecule has 0 saturated carbocycles. The van der Waals surface area contributed by atoms with Gasteiger partial charge in [-0.2, -0.15) is 0 Å². The van der Waals surface area contributed by atoms with E-state index in [0.717, 1.165) is 33.4 Å². The summed E-state index contributed by atoms with van der Waals surface area (Å²) in [5.41, 5.74) is 2.99. The Labute approximate surface area is 216 Å². The van der Waals surface area contributed by atoms with Crippen LogP contribution in [0.15, 0.2) is 97.5 Å². The summed E-state index contributed by atoms with van der Waals surface area (Å²) in [7, 11) is 0. The fourth-order valence-electron chi connectivity index (χ4n) is 3.61. The largest absolute Gasteiger partial charge is 0.477 e. The number of hydrogen-bond donors (Lipinski definition) is 1. The average molecular weight is 641 g/mol. The molecule has 0 unspecified atom stereocenters. The van der Waals surface area contributed by atoms with Gasteiger partial charge in [0, 0.05) is 50.8 Å². The molecule has 7 heteroatoms. The molecular formula is C28H22IrN3O3-. The Bertz CT molecular complexity index is 1450. The fraction of sp³-hybridized carbons (Fsp3) is 0.0714. The van der Waals surface area contributed by atoms with Crippen molar-refractivity contribution in [1.29, 1.82) is 0 Å². The summed E-state index contributed by atoms with van der Waals surface area (Å²) >= 11 is 0.